The lowest BCUT2D eigenvalue weighted by atomic mass is 10.1. The summed E-state index contributed by atoms with van der Waals surface area (Å²) < 4.78 is 9.27. The third kappa shape index (κ3) is 3.87. The van der Waals surface area contributed by atoms with E-state index in [1.165, 1.54) is 22.6 Å². The minimum Gasteiger partial charge on any atom is -0.465 e. The van der Waals surface area contributed by atoms with E-state index in [2.05, 4.69) is 4.98 Å². The normalized spacial score (nSPS) is 13.4. The van der Waals surface area contributed by atoms with Gasteiger partial charge in [-0.05, 0) is 48.6 Å². The standard InChI is InChI=1S/C24H21ClN4O4/c1-33-23(31)19-8-3-2-5-16(19)13-27-14-26-21-20(27)22(30)28(12-15-9-10-15)24(32)29(21)18-7-4-6-17(25)11-18/h2-8,11,14-15H,9-10,12-13H2,1H3. The lowest BCUT2D eigenvalue weighted by molar-refractivity contribution is 0.0599. The van der Waals surface area contributed by atoms with Crippen LogP contribution in [0.15, 0.2) is 64.4 Å². The van der Waals surface area contributed by atoms with Crippen molar-refractivity contribution in [3.05, 3.63) is 91.8 Å². The first-order valence-corrected chi connectivity index (χ1v) is 11.0. The number of hydrogen-bond donors (Lipinski definition) is 0. The largest absolute Gasteiger partial charge is 0.465 e. The van der Waals surface area contributed by atoms with Gasteiger partial charge in [0.1, 0.15) is 0 Å². The number of carbonyl (C=O) groups excluding carboxylic acids is 1. The zero-order valence-electron chi connectivity index (χ0n) is 17.9. The van der Waals surface area contributed by atoms with Crippen molar-refractivity contribution in [2.75, 3.05) is 7.11 Å². The van der Waals surface area contributed by atoms with E-state index < -0.39 is 17.2 Å². The van der Waals surface area contributed by atoms with Gasteiger partial charge in [0.15, 0.2) is 11.2 Å². The molecule has 0 N–H and O–H groups in total. The summed E-state index contributed by atoms with van der Waals surface area (Å²) >= 11 is 6.18. The van der Waals surface area contributed by atoms with E-state index in [1.807, 2.05) is 6.07 Å². The Bertz CT molecular complexity index is 1500. The molecule has 2 heterocycles. The van der Waals surface area contributed by atoms with Gasteiger partial charge in [-0.3, -0.25) is 9.36 Å². The van der Waals surface area contributed by atoms with Crippen LogP contribution in [0, 0.1) is 5.92 Å². The quantitative estimate of drug-likeness (QED) is 0.409. The second-order valence-electron chi connectivity index (χ2n) is 8.15. The lowest BCUT2D eigenvalue weighted by Gasteiger charge is -2.13. The van der Waals surface area contributed by atoms with Crippen molar-refractivity contribution in [2.24, 2.45) is 5.92 Å². The van der Waals surface area contributed by atoms with Crippen LogP contribution in [0.1, 0.15) is 28.8 Å². The molecule has 1 saturated carbocycles. The van der Waals surface area contributed by atoms with E-state index in [0.717, 1.165) is 12.8 Å². The van der Waals surface area contributed by atoms with Gasteiger partial charge in [0.2, 0.25) is 0 Å². The minimum atomic E-state index is -0.461. The molecule has 0 atom stereocenters. The van der Waals surface area contributed by atoms with Crippen molar-refractivity contribution in [1.29, 1.82) is 0 Å². The number of methoxy groups -OCH3 is 1. The molecular formula is C24H21ClN4O4. The van der Waals surface area contributed by atoms with E-state index in [4.69, 9.17) is 16.3 Å². The van der Waals surface area contributed by atoms with Crippen LogP contribution in [0.3, 0.4) is 0 Å². The number of aromatic nitrogens is 4. The topological polar surface area (TPSA) is 88.1 Å². The van der Waals surface area contributed by atoms with E-state index in [1.54, 1.807) is 47.0 Å². The van der Waals surface area contributed by atoms with Crippen LogP contribution in [0.5, 0.6) is 0 Å². The second kappa shape index (κ2) is 8.37. The summed E-state index contributed by atoms with van der Waals surface area (Å²) in [5, 5.41) is 0.471. The molecule has 0 spiro atoms. The summed E-state index contributed by atoms with van der Waals surface area (Å²) in [5.41, 5.74) is 1.31. The SMILES string of the molecule is COC(=O)c1ccccc1Cn1cnc2c1c(=O)n(CC1CC1)c(=O)n2-c1cccc(Cl)c1. The van der Waals surface area contributed by atoms with Crippen molar-refractivity contribution in [2.45, 2.75) is 25.9 Å². The molecule has 33 heavy (non-hydrogen) atoms. The molecule has 168 valence electrons. The summed E-state index contributed by atoms with van der Waals surface area (Å²) in [6.07, 6.45) is 3.50. The molecule has 1 aliphatic rings. The molecule has 9 heteroatoms. The van der Waals surface area contributed by atoms with E-state index in [-0.39, 0.29) is 17.7 Å². The molecule has 2 aromatic heterocycles. The fourth-order valence-corrected chi connectivity index (χ4v) is 4.20. The molecular weight excluding hydrogens is 444 g/mol. The first-order valence-electron chi connectivity index (χ1n) is 10.6. The number of ether oxygens (including phenoxy) is 1. The summed E-state index contributed by atoms with van der Waals surface area (Å²) in [6, 6.07) is 13.9. The Morgan fingerprint density at radius 1 is 1.15 bits per heavy atom. The van der Waals surface area contributed by atoms with E-state index in [0.29, 0.717) is 34.3 Å². The maximum absolute atomic E-state index is 13.5. The number of esters is 1. The predicted octanol–water partition coefficient (Wildman–Crippen LogP) is 3.25. The molecule has 1 fully saturated rings. The van der Waals surface area contributed by atoms with Gasteiger partial charge >= 0.3 is 11.7 Å². The van der Waals surface area contributed by atoms with Crippen molar-refractivity contribution < 1.29 is 9.53 Å². The summed E-state index contributed by atoms with van der Waals surface area (Å²) in [7, 11) is 1.33. The summed E-state index contributed by atoms with van der Waals surface area (Å²) in [6.45, 7) is 0.576. The van der Waals surface area contributed by atoms with Crippen molar-refractivity contribution in [3.8, 4) is 5.69 Å². The molecule has 1 aliphatic carbocycles. The first kappa shape index (κ1) is 21.2. The van der Waals surface area contributed by atoms with Crippen LogP contribution < -0.4 is 11.2 Å². The fraction of sp³-hybridized carbons (Fsp3) is 0.250. The van der Waals surface area contributed by atoms with Crippen LogP contribution >= 0.6 is 11.6 Å². The van der Waals surface area contributed by atoms with Crippen molar-refractivity contribution in [1.82, 2.24) is 18.7 Å². The second-order valence-corrected chi connectivity index (χ2v) is 8.59. The average Bonchev–Trinajstić information content (AvgIpc) is 3.55. The van der Waals surface area contributed by atoms with Crippen LogP contribution in [0.25, 0.3) is 16.9 Å². The Balaban J connectivity index is 1.73. The Kier molecular flexibility index (Phi) is 5.38. The smallest absolute Gasteiger partial charge is 0.338 e. The zero-order valence-corrected chi connectivity index (χ0v) is 18.7. The Morgan fingerprint density at radius 3 is 2.67 bits per heavy atom. The van der Waals surface area contributed by atoms with Crippen molar-refractivity contribution >= 4 is 28.7 Å². The van der Waals surface area contributed by atoms with Gasteiger partial charge in [0.05, 0.1) is 31.2 Å². The highest BCUT2D eigenvalue weighted by atomic mass is 35.5. The summed E-state index contributed by atoms with van der Waals surface area (Å²) in [5.74, 6) is -0.144. The van der Waals surface area contributed by atoms with Crippen LogP contribution in [0.4, 0.5) is 0 Å². The molecule has 4 aromatic rings. The number of carbonyl (C=O) groups is 1. The highest BCUT2D eigenvalue weighted by Crippen LogP contribution is 2.30. The van der Waals surface area contributed by atoms with Crippen LogP contribution in [-0.4, -0.2) is 31.8 Å². The molecule has 5 rings (SSSR count). The van der Waals surface area contributed by atoms with E-state index in [9.17, 15) is 14.4 Å². The van der Waals surface area contributed by atoms with Crippen molar-refractivity contribution in [3.63, 3.8) is 0 Å². The molecule has 0 unspecified atom stereocenters. The van der Waals surface area contributed by atoms with Gasteiger partial charge < -0.3 is 9.30 Å². The number of fused-ring (bicyclic) bond motifs is 1. The lowest BCUT2D eigenvalue weighted by Crippen LogP contribution is -2.40. The maximum atomic E-state index is 13.5. The highest BCUT2D eigenvalue weighted by molar-refractivity contribution is 6.30. The molecule has 8 nitrogen and oxygen atoms in total. The Morgan fingerprint density at radius 2 is 1.94 bits per heavy atom. The van der Waals surface area contributed by atoms with Crippen LogP contribution in [0.2, 0.25) is 5.02 Å². The molecule has 0 aliphatic heterocycles. The van der Waals surface area contributed by atoms with Gasteiger partial charge in [0.25, 0.3) is 5.56 Å². The molecule has 0 amide bonds. The predicted molar refractivity (Wildman–Crippen MR) is 124 cm³/mol. The summed E-state index contributed by atoms with van der Waals surface area (Å²) in [4.78, 5) is 43.5. The molecule has 2 aromatic carbocycles. The third-order valence-electron chi connectivity index (χ3n) is 5.87. The van der Waals surface area contributed by atoms with Gasteiger partial charge in [-0.2, -0.15) is 0 Å². The number of benzene rings is 2. The van der Waals surface area contributed by atoms with E-state index >= 15 is 0 Å². The Hall–Kier alpha value is -3.65. The molecule has 0 saturated heterocycles. The van der Waals surface area contributed by atoms with Gasteiger partial charge in [0, 0.05) is 11.6 Å². The number of hydrogen-bond acceptors (Lipinski definition) is 5. The monoisotopic (exact) mass is 464 g/mol. The maximum Gasteiger partial charge on any atom is 0.338 e. The van der Waals surface area contributed by atoms with Crippen LogP contribution in [-0.2, 0) is 17.8 Å². The van der Waals surface area contributed by atoms with Gasteiger partial charge in [-0.15, -0.1) is 0 Å². The number of halogens is 1. The zero-order chi connectivity index (χ0) is 23.1. The number of rotatable bonds is 6. The molecule has 0 radical (unpaired) electrons. The minimum absolute atomic E-state index is 0.216. The third-order valence-corrected chi connectivity index (χ3v) is 6.10. The Labute approximate surface area is 193 Å². The average molecular weight is 465 g/mol. The number of nitrogens with zero attached hydrogens (tertiary/aromatic N) is 4. The number of imidazole rings is 1. The van der Waals surface area contributed by atoms with Gasteiger partial charge in [-0.1, -0.05) is 35.9 Å². The van der Waals surface area contributed by atoms with Gasteiger partial charge in [-0.25, -0.2) is 19.1 Å². The highest BCUT2D eigenvalue weighted by Gasteiger charge is 2.26. The first-order chi connectivity index (χ1) is 16.0. The fourth-order valence-electron chi connectivity index (χ4n) is 4.02. The molecule has 0 bridgehead atoms.